The molecule has 0 amide bonds. The second-order valence-corrected chi connectivity index (χ2v) is 9.84. The van der Waals surface area contributed by atoms with Gasteiger partial charge in [-0.3, -0.25) is 4.31 Å². The molecule has 0 saturated carbocycles. The Morgan fingerprint density at radius 2 is 1.56 bits per heavy atom. The van der Waals surface area contributed by atoms with Gasteiger partial charge in [0.2, 0.25) is 9.84 Å². The first kappa shape index (κ1) is 17.9. The van der Waals surface area contributed by atoms with Crippen LogP contribution < -0.4 is 4.31 Å². The van der Waals surface area contributed by atoms with E-state index >= 15 is 0 Å². The topological polar surface area (TPSA) is 71.5 Å². The maximum Gasteiger partial charge on any atom is 0.341 e. The number of sulfonamides is 1. The zero-order valence-corrected chi connectivity index (χ0v) is 15.3. The number of anilines is 1. The zero-order chi connectivity index (χ0) is 19.4. The van der Waals surface area contributed by atoms with Crippen molar-refractivity contribution in [1.29, 1.82) is 0 Å². The van der Waals surface area contributed by atoms with Crippen LogP contribution in [-0.2, 0) is 26.4 Å². The number of halogens is 2. The zero-order valence-electron chi connectivity index (χ0n) is 13.7. The average Bonchev–Trinajstić information content (AvgIpc) is 2.86. The molecular formula is C18H13F2NO4S2. The molecule has 1 aliphatic heterocycles. The van der Waals surface area contributed by atoms with Gasteiger partial charge in [0.15, 0.2) is 0 Å². The molecule has 0 N–H and O–H groups in total. The second kappa shape index (κ2) is 6.00. The lowest BCUT2D eigenvalue weighted by atomic mass is 10.1. The third kappa shape index (κ3) is 2.69. The minimum absolute atomic E-state index is 0.0366. The van der Waals surface area contributed by atoms with E-state index in [4.69, 9.17) is 0 Å². The van der Waals surface area contributed by atoms with E-state index < -0.39 is 30.5 Å². The van der Waals surface area contributed by atoms with E-state index in [-0.39, 0.29) is 11.4 Å². The van der Waals surface area contributed by atoms with Gasteiger partial charge in [-0.1, -0.05) is 36.4 Å². The fourth-order valence-corrected chi connectivity index (χ4v) is 5.60. The van der Waals surface area contributed by atoms with Gasteiger partial charge in [-0.2, -0.15) is 8.78 Å². The summed E-state index contributed by atoms with van der Waals surface area (Å²) in [5, 5.41) is 1.44. The lowest BCUT2D eigenvalue weighted by Gasteiger charge is -2.19. The highest BCUT2D eigenvalue weighted by molar-refractivity contribution is 7.93. The van der Waals surface area contributed by atoms with Gasteiger partial charge in [0.1, 0.15) is 0 Å². The van der Waals surface area contributed by atoms with Crippen LogP contribution in [0.2, 0.25) is 0 Å². The fourth-order valence-electron chi connectivity index (χ4n) is 3.18. The maximum atomic E-state index is 12.9. The average molecular weight is 409 g/mol. The number of benzene rings is 3. The molecule has 3 aromatic rings. The summed E-state index contributed by atoms with van der Waals surface area (Å²) in [5.74, 6) is -3.51. The van der Waals surface area contributed by atoms with Crippen molar-refractivity contribution in [3.05, 3.63) is 66.2 Å². The van der Waals surface area contributed by atoms with Crippen molar-refractivity contribution in [2.24, 2.45) is 0 Å². The molecular weight excluding hydrogens is 396 g/mol. The molecule has 0 atom stereocenters. The van der Waals surface area contributed by atoms with E-state index in [0.717, 1.165) is 17.5 Å². The first-order valence-corrected chi connectivity index (χ1v) is 10.9. The van der Waals surface area contributed by atoms with Crippen LogP contribution in [0.1, 0.15) is 5.56 Å². The standard InChI is InChI=1S/C18H13F2NO4S2/c19-18(20)26(22,23)14-9-7-12(8-10-14)11-21-15-5-1-3-13-4-2-6-16(17(13)15)27(21,24)25/h1-10,18H,11H2. The summed E-state index contributed by atoms with van der Waals surface area (Å²) in [6, 6.07) is 15.1. The van der Waals surface area contributed by atoms with Crippen molar-refractivity contribution in [1.82, 2.24) is 0 Å². The Balaban J connectivity index is 1.73. The van der Waals surface area contributed by atoms with Crippen molar-refractivity contribution in [3.63, 3.8) is 0 Å². The number of alkyl halides is 2. The Morgan fingerprint density at radius 3 is 2.19 bits per heavy atom. The number of rotatable bonds is 4. The van der Waals surface area contributed by atoms with Gasteiger partial charge < -0.3 is 0 Å². The van der Waals surface area contributed by atoms with Gasteiger partial charge in [0, 0.05) is 5.39 Å². The molecule has 9 heteroatoms. The van der Waals surface area contributed by atoms with Crippen LogP contribution in [-0.4, -0.2) is 22.6 Å². The van der Waals surface area contributed by atoms with E-state index in [1.165, 1.54) is 16.4 Å². The summed E-state index contributed by atoms with van der Waals surface area (Å²) in [4.78, 5) is -0.289. The van der Waals surface area contributed by atoms with Crippen molar-refractivity contribution in [2.75, 3.05) is 4.31 Å². The Hall–Kier alpha value is -2.52. The Kier molecular flexibility index (Phi) is 3.97. The Morgan fingerprint density at radius 1 is 0.926 bits per heavy atom. The number of hydrogen-bond donors (Lipinski definition) is 0. The highest BCUT2D eigenvalue weighted by Gasteiger charge is 2.35. The van der Waals surface area contributed by atoms with Crippen molar-refractivity contribution >= 4 is 36.3 Å². The second-order valence-electron chi connectivity index (χ2n) is 6.09. The van der Waals surface area contributed by atoms with Crippen molar-refractivity contribution < 1.29 is 25.6 Å². The molecule has 140 valence electrons. The van der Waals surface area contributed by atoms with E-state index in [0.29, 0.717) is 16.6 Å². The van der Waals surface area contributed by atoms with Crippen LogP contribution in [0.4, 0.5) is 14.5 Å². The van der Waals surface area contributed by atoms with Crippen LogP contribution in [0.5, 0.6) is 0 Å². The van der Waals surface area contributed by atoms with Crippen LogP contribution in [0.25, 0.3) is 10.8 Å². The number of hydrogen-bond acceptors (Lipinski definition) is 4. The quantitative estimate of drug-likeness (QED) is 0.661. The van der Waals surface area contributed by atoms with Gasteiger partial charge in [-0.25, -0.2) is 16.8 Å². The highest BCUT2D eigenvalue weighted by Crippen LogP contribution is 2.42. The fraction of sp³-hybridized carbons (Fsp3) is 0.111. The molecule has 0 aliphatic carbocycles. The molecule has 1 heterocycles. The van der Waals surface area contributed by atoms with E-state index in [9.17, 15) is 25.6 Å². The first-order valence-electron chi connectivity index (χ1n) is 7.88. The van der Waals surface area contributed by atoms with Crippen LogP contribution in [0, 0.1) is 0 Å². The van der Waals surface area contributed by atoms with Crippen molar-refractivity contribution in [3.8, 4) is 0 Å². The molecule has 1 aliphatic rings. The summed E-state index contributed by atoms with van der Waals surface area (Å²) in [6.45, 7) is -0.0366. The van der Waals surface area contributed by atoms with Crippen LogP contribution in [0.3, 0.4) is 0 Å². The highest BCUT2D eigenvalue weighted by atomic mass is 32.2. The van der Waals surface area contributed by atoms with Gasteiger partial charge in [-0.15, -0.1) is 0 Å². The van der Waals surface area contributed by atoms with E-state index in [2.05, 4.69) is 0 Å². The molecule has 0 aromatic heterocycles. The maximum absolute atomic E-state index is 12.9. The SMILES string of the molecule is O=S(=O)(c1ccc(CN2c3cccc4cccc(c34)S2(=O)=O)cc1)C(F)F. The lowest BCUT2D eigenvalue weighted by molar-refractivity contribution is 0.234. The Labute approximate surface area is 154 Å². The molecule has 3 aromatic carbocycles. The summed E-state index contributed by atoms with van der Waals surface area (Å²) < 4.78 is 75.4. The molecule has 0 unspecified atom stereocenters. The summed E-state index contributed by atoms with van der Waals surface area (Å²) in [7, 11) is -8.44. The lowest BCUT2D eigenvalue weighted by Crippen LogP contribution is -2.26. The van der Waals surface area contributed by atoms with E-state index in [1.807, 2.05) is 12.1 Å². The predicted octanol–water partition coefficient (Wildman–Crippen LogP) is 3.55. The predicted molar refractivity (Wildman–Crippen MR) is 96.9 cm³/mol. The van der Waals surface area contributed by atoms with Crippen molar-refractivity contribution in [2.45, 2.75) is 22.1 Å². The summed E-state index contributed by atoms with van der Waals surface area (Å²) in [5.41, 5.74) is 1.02. The molecule has 0 fully saturated rings. The van der Waals surface area contributed by atoms with Gasteiger partial charge in [-0.05, 0) is 35.2 Å². The van der Waals surface area contributed by atoms with Crippen LogP contribution >= 0.6 is 0 Å². The summed E-state index contributed by atoms with van der Waals surface area (Å²) >= 11 is 0. The van der Waals surface area contributed by atoms with Gasteiger partial charge >= 0.3 is 5.76 Å². The van der Waals surface area contributed by atoms with E-state index in [1.54, 1.807) is 24.3 Å². The number of sulfone groups is 1. The molecule has 4 rings (SSSR count). The smallest absolute Gasteiger partial charge is 0.261 e. The van der Waals surface area contributed by atoms with Gasteiger partial charge in [0.05, 0.1) is 22.0 Å². The molecule has 5 nitrogen and oxygen atoms in total. The third-order valence-corrected chi connectivity index (χ3v) is 7.69. The molecule has 0 bridgehead atoms. The normalized spacial score (nSPS) is 15.6. The van der Waals surface area contributed by atoms with Gasteiger partial charge in [0.25, 0.3) is 10.0 Å². The largest absolute Gasteiger partial charge is 0.341 e. The first-order chi connectivity index (χ1) is 12.7. The minimum atomic E-state index is -4.69. The molecule has 27 heavy (non-hydrogen) atoms. The molecule has 0 radical (unpaired) electrons. The molecule has 0 spiro atoms. The Bertz CT molecular complexity index is 1250. The minimum Gasteiger partial charge on any atom is -0.261 e. The third-order valence-electron chi connectivity index (χ3n) is 4.49. The number of nitrogens with zero attached hydrogens (tertiary/aromatic N) is 1. The molecule has 0 saturated heterocycles. The van der Waals surface area contributed by atoms with Crippen LogP contribution in [0.15, 0.2) is 70.5 Å². The summed E-state index contributed by atoms with van der Waals surface area (Å²) in [6.07, 6.45) is 0. The monoisotopic (exact) mass is 409 g/mol.